The molecule has 4 heteroatoms. The molecule has 0 aliphatic heterocycles. The Hall–Kier alpha value is -0.540. The van der Waals surface area contributed by atoms with Gasteiger partial charge in [0.25, 0.3) is 0 Å². The normalized spacial score (nSPS) is 32.5. The summed E-state index contributed by atoms with van der Waals surface area (Å²) in [5.74, 6) is 2.76. The quantitative estimate of drug-likeness (QED) is 0.894. The smallest absolute Gasteiger partial charge is 0.0834 e. The summed E-state index contributed by atoms with van der Waals surface area (Å²) in [6.45, 7) is 3.14. The highest BCUT2D eigenvalue weighted by Gasteiger charge is 2.48. The van der Waals surface area contributed by atoms with Crippen molar-refractivity contribution in [1.29, 1.82) is 0 Å². The van der Waals surface area contributed by atoms with Crippen molar-refractivity contribution in [3.63, 3.8) is 0 Å². The Balaban J connectivity index is 1.84. The Morgan fingerprint density at radius 2 is 2.18 bits per heavy atom. The Morgan fingerprint density at radius 3 is 2.71 bits per heavy atom. The van der Waals surface area contributed by atoms with Crippen molar-refractivity contribution in [3.05, 3.63) is 16.9 Å². The molecule has 17 heavy (non-hydrogen) atoms. The van der Waals surface area contributed by atoms with Gasteiger partial charge in [-0.1, -0.05) is 18.5 Å². The monoisotopic (exact) mass is 253 g/mol. The van der Waals surface area contributed by atoms with Gasteiger partial charge < -0.3 is 5.32 Å². The summed E-state index contributed by atoms with van der Waals surface area (Å²) in [5.41, 5.74) is 1.17. The van der Waals surface area contributed by atoms with Crippen LogP contribution in [0.25, 0.3) is 0 Å². The number of rotatable bonds is 4. The molecular formula is C13H20ClN3. The molecule has 1 heterocycles. The van der Waals surface area contributed by atoms with Crippen LogP contribution >= 0.6 is 11.6 Å². The van der Waals surface area contributed by atoms with Crippen molar-refractivity contribution in [3.8, 4) is 0 Å². The van der Waals surface area contributed by atoms with Gasteiger partial charge in [-0.2, -0.15) is 5.10 Å². The summed E-state index contributed by atoms with van der Waals surface area (Å²) in [5, 5.41) is 8.67. The van der Waals surface area contributed by atoms with Crippen molar-refractivity contribution in [1.82, 2.24) is 15.1 Å². The maximum Gasteiger partial charge on any atom is 0.0834 e. The molecule has 3 rings (SSSR count). The minimum Gasteiger partial charge on any atom is -0.309 e. The first-order valence-corrected chi connectivity index (χ1v) is 6.99. The topological polar surface area (TPSA) is 29.9 Å². The first-order valence-electron chi connectivity index (χ1n) is 6.61. The predicted octanol–water partition coefficient (Wildman–Crippen LogP) is 2.77. The highest BCUT2D eigenvalue weighted by atomic mass is 35.5. The van der Waals surface area contributed by atoms with Gasteiger partial charge in [-0.25, -0.2) is 0 Å². The zero-order valence-corrected chi connectivity index (χ0v) is 11.2. The van der Waals surface area contributed by atoms with Crippen LogP contribution in [0.1, 0.15) is 37.9 Å². The maximum atomic E-state index is 6.28. The largest absolute Gasteiger partial charge is 0.309 e. The number of hydrogen-bond donors (Lipinski definition) is 1. The third-order valence-corrected chi connectivity index (χ3v) is 4.70. The maximum absolute atomic E-state index is 6.28. The number of hydrogen-bond acceptors (Lipinski definition) is 2. The SMILES string of the molecule is CCNC(c1c(Cl)cnn1C)C1CC2CC2C1. The summed E-state index contributed by atoms with van der Waals surface area (Å²) >= 11 is 6.28. The van der Waals surface area contributed by atoms with E-state index in [1.54, 1.807) is 6.20 Å². The number of aromatic nitrogens is 2. The van der Waals surface area contributed by atoms with E-state index in [9.17, 15) is 0 Å². The highest BCUT2D eigenvalue weighted by Crippen LogP contribution is 2.57. The van der Waals surface area contributed by atoms with Gasteiger partial charge in [0.15, 0.2) is 0 Å². The van der Waals surface area contributed by atoms with Gasteiger partial charge in [-0.05, 0) is 43.6 Å². The van der Waals surface area contributed by atoms with Gasteiger partial charge >= 0.3 is 0 Å². The number of nitrogens with one attached hydrogen (secondary N) is 1. The van der Waals surface area contributed by atoms with Crippen LogP contribution < -0.4 is 5.32 Å². The van der Waals surface area contributed by atoms with E-state index in [0.29, 0.717) is 6.04 Å². The standard InChI is InChI=1S/C13H20ClN3/c1-3-15-12(10-5-8-4-9(8)6-10)13-11(14)7-16-17(13)2/h7-10,12,15H,3-6H2,1-2H3. The fourth-order valence-corrected chi connectivity index (χ4v) is 3.79. The van der Waals surface area contributed by atoms with Crippen molar-refractivity contribution in [2.24, 2.45) is 24.8 Å². The second-order valence-corrected chi connectivity index (χ2v) is 5.93. The molecule has 94 valence electrons. The minimum absolute atomic E-state index is 0.382. The lowest BCUT2D eigenvalue weighted by Gasteiger charge is -2.26. The second kappa shape index (κ2) is 4.29. The molecular weight excluding hydrogens is 234 g/mol. The first kappa shape index (κ1) is 11.5. The number of halogens is 1. The summed E-state index contributed by atoms with van der Waals surface area (Å²) in [7, 11) is 1.99. The summed E-state index contributed by atoms with van der Waals surface area (Å²) in [6.07, 6.45) is 5.96. The molecule has 2 aliphatic rings. The predicted molar refractivity (Wildman–Crippen MR) is 69.0 cm³/mol. The van der Waals surface area contributed by atoms with Crippen LogP contribution in [0.15, 0.2) is 6.20 Å². The molecule has 1 aromatic heterocycles. The van der Waals surface area contributed by atoms with Crippen LogP contribution in [0.2, 0.25) is 5.02 Å². The Bertz CT molecular complexity index is 385. The van der Waals surface area contributed by atoms with Crippen LogP contribution in [0.5, 0.6) is 0 Å². The highest BCUT2D eigenvalue weighted by molar-refractivity contribution is 6.31. The molecule has 3 unspecified atom stereocenters. The molecule has 2 saturated carbocycles. The number of nitrogens with zero attached hydrogens (tertiary/aromatic N) is 2. The van der Waals surface area contributed by atoms with E-state index in [0.717, 1.165) is 29.3 Å². The van der Waals surface area contributed by atoms with E-state index in [2.05, 4.69) is 17.3 Å². The van der Waals surface area contributed by atoms with E-state index in [1.165, 1.54) is 25.0 Å². The molecule has 0 spiro atoms. The number of aryl methyl sites for hydroxylation is 1. The summed E-state index contributed by atoms with van der Waals surface area (Å²) in [4.78, 5) is 0. The van der Waals surface area contributed by atoms with Crippen molar-refractivity contribution >= 4 is 11.6 Å². The Kier molecular flexibility index (Phi) is 2.91. The van der Waals surface area contributed by atoms with Gasteiger partial charge in [-0.15, -0.1) is 0 Å². The van der Waals surface area contributed by atoms with Gasteiger partial charge in [0.1, 0.15) is 0 Å². The van der Waals surface area contributed by atoms with Crippen LogP contribution in [0, 0.1) is 17.8 Å². The average Bonchev–Trinajstić information content (AvgIpc) is 2.77. The molecule has 2 fully saturated rings. The molecule has 3 atom stereocenters. The van der Waals surface area contributed by atoms with Gasteiger partial charge in [0, 0.05) is 7.05 Å². The molecule has 1 N–H and O–H groups in total. The lowest BCUT2D eigenvalue weighted by atomic mass is 9.92. The van der Waals surface area contributed by atoms with Crippen molar-refractivity contribution in [2.75, 3.05) is 6.54 Å². The molecule has 1 aromatic rings. The average molecular weight is 254 g/mol. The van der Waals surface area contributed by atoms with Crippen molar-refractivity contribution in [2.45, 2.75) is 32.2 Å². The third kappa shape index (κ3) is 2.00. The zero-order valence-electron chi connectivity index (χ0n) is 10.5. The Labute approximate surface area is 108 Å². The van der Waals surface area contributed by atoms with E-state index in [4.69, 9.17) is 11.6 Å². The van der Waals surface area contributed by atoms with Crippen LogP contribution in [0.3, 0.4) is 0 Å². The molecule has 0 bridgehead atoms. The number of fused-ring (bicyclic) bond motifs is 1. The zero-order chi connectivity index (χ0) is 12.0. The Morgan fingerprint density at radius 1 is 1.47 bits per heavy atom. The van der Waals surface area contributed by atoms with E-state index < -0.39 is 0 Å². The summed E-state index contributed by atoms with van der Waals surface area (Å²) < 4.78 is 1.93. The lowest BCUT2D eigenvalue weighted by Crippen LogP contribution is -2.29. The fourth-order valence-electron chi connectivity index (χ4n) is 3.51. The molecule has 0 saturated heterocycles. The van der Waals surface area contributed by atoms with Crippen LogP contribution in [-0.2, 0) is 7.05 Å². The van der Waals surface area contributed by atoms with E-state index in [-0.39, 0.29) is 0 Å². The van der Waals surface area contributed by atoms with Crippen LogP contribution in [-0.4, -0.2) is 16.3 Å². The van der Waals surface area contributed by atoms with Gasteiger partial charge in [0.2, 0.25) is 0 Å². The lowest BCUT2D eigenvalue weighted by molar-refractivity contribution is 0.332. The van der Waals surface area contributed by atoms with Crippen molar-refractivity contribution < 1.29 is 0 Å². The fraction of sp³-hybridized carbons (Fsp3) is 0.769. The molecule has 0 radical (unpaired) electrons. The molecule has 0 amide bonds. The second-order valence-electron chi connectivity index (χ2n) is 5.52. The first-order chi connectivity index (χ1) is 8.20. The third-order valence-electron chi connectivity index (χ3n) is 4.41. The van der Waals surface area contributed by atoms with Gasteiger partial charge in [-0.3, -0.25) is 4.68 Å². The summed E-state index contributed by atoms with van der Waals surface area (Å²) in [6, 6.07) is 0.382. The van der Waals surface area contributed by atoms with Crippen LogP contribution in [0.4, 0.5) is 0 Å². The minimum atomic E-state index is 0.382. The molecule has 0 aromatic carbocycles. The van der Waals surface area contributed by atoms with Gasteiger partial charge in [0.05, 0.1) is 23.0 Å². The molecule has 2 aliphatic carbocycles. The van der Waals surface area contributed by atoms with E-state index >= 15 is 0 Å². The van der Waals surface area contributed by atoms with E-state index in [1.807, 2.05) is 11.7 Å². The molecule has 3 nitrogen and oxygen atoms in total.